The van der Waals surface area contributed by atoms with Crippen LogP contribution in [0.1, 0.15) is 26.7 Å². The molecule has 0 heterocycles. The van der Waals surface area contributed by atoms with Crippen molar-refractivity contribution in [1.29, 1.82) is 0 Å². The molecule has 1 rings (SSSR count). The van der Waals surface area contributed by atoms with Gasteiger partial charge in [-0.15, -0.1) is 0 Å². The van der Waals surface area contributed by atoms with E-state index in [0.29, 0.717) is 0 Å². The normalized spacial score (nSPS) is 10.8. The molecule has 0 aromatic heterocycles. The maximum atomic E-state index is 5.80. The van der Waals surface area contributed by atoms with Crippen LogP contribution in [-0.4, -0.2) is 19.8 Å². The summed E-state index contributed by atoms with van der Waals surface area (Å²) in [4.78, 5) is 0. The van der Waals surface area contributed by atoms with Crippen molar-refractivity contribution < 1.29 is 4.74 Å². The second kappa shape index (κ2) is 8.37. The SMILES string of the molecule is CC(C)CCCOCCNc1ccc(Cl)cc1. The first-order valence-corrected chi connectivity index (χ1v) is 6.63. The van der Waals surface area contributed by atoms with E-state index in [1.807, 2.05) is 24.3 Å². The number of rotatable bonds is 8. The van der Waals surface area contributed by atoms with Crippen molar-refractivity contribution in [2.24, 2.45) is 5.92 Å². The van der Waals surface area contributed by atoms with E-state index in [0.717, 1.165) is 42.8 Å². The molecule has 0 spiro atoms. The standard InChI is InChI=1S/C14H22ClNO/c1-12(2)4-3-10-17-11-9-16-14-7-5-13(15)6-8-14/h5-8,12,16H,3-4,9-11H2,1-2H3. The largest absolute Gasteiger partial charge is 0.383 e. The first-order valence-electron chi connectivity index (χ1n) is 6.25. The van der Waals surface area contributed by atoms with Gasteiger partial charge in [-0.2, -0.15) is 0 Å². The Balaban J connectivity index is 1.99. The molecule has 3 heteroatoms. The average Bonchev–Trinajstić information content (AvgIpc) is 2.30. The molecule has 0 amide bonds. The monoisotopic (exact) mass is 255 g/mol. The lowest BCUT2D eigenvalue weighted by Crippen LogP contribution is -2.10. The van der Waals surface area contributed by atoms with Crippen molar-refractivity contribution in [3.05, 3.63) is 29.3 Å². The Morgan fingerprint density at radius 3 is 2.53 bits per heavy atom. The zero-order valence-electron chi connectivity index (χ0n) is 10.7. The van der Waals surface area contributed by atoms with Gasteiger partial charge in [-0.25, -0.2) is 0 Å². The molecule has 0 saturated carbocycles. The molecule has 1 aromatic rings. The lowest BCUT2D eigenvalue weighted by molar-refractivity contribution is 0.137. The Bertz CT molecular complexity index is 298. The molecule has 0 radical (unpaired) electrons. The van der Waals surface area contributed by atoms with E-state index in [9.17, 15) is 0 Å². The minimum Gasteiger partial charge on any atom is -0.383 e. The highest BCUT2D eigenvalue weighted by molar-refractivity contribution is 6.30. The van der Waals surface area contributed by atoms with Gasteiger partial charge in [0.15, 0.2) is 0 Å². The Morgan fingerprint density at radius 2 is 1.88 bits per heavy atom. The van der Waals surface area contributed by atoms with Crippen LogP contribution in [0.15, 0.2) is 24.3 Å². The zero-order valence-corrected chi connectivity index (χ0v) is 11.5. The molecule has 0 fully saturated rings. The fourth-order valence-electron chi connectivity index (χ4n) is 1.53. The molecule has 0 saturated heterocycles. The minimum atomic E-state index is 0.751. The van der Waals surface area contributed by atoms with Crippen LogP contribution in [-0.2, 0) is 4.74 Å². The number of hydrogen-bond acceptors (Lipinski definition) is 2. The van der Waals surface area contributed by atoms with Crippen LogP contribution in [0.2, 0.25) is 5.02 Å². The van der Waals surface area contributed by atoms with Crippen molar-refractivity contribution >= 4 is 17.3 Å². The van der Waals surface area contributed by atoms with E-state index in [1.165, 1.54) is 6.42 Å². The van der Waals surface area contributed by atoms with Gasteiger partial charge in [0, 0.05) is 23.9 Å². The summed E-state index contributed by atoms with van der Waals surface area (Å²) in [6.45, 7) is 6.93. The highest BCUT2D eigenvalue weighted by Gasteiger charge is 1.95. The highest BCUT2D eigenvalue weighted by Crippen LogP contribution is 2.12. The number of anilines is 1. The molecule has 0 aliphatic rings. The molecular formula is C14H22ClNO. The van der Waals surface area contributed by atoms with Gasteiger partial charge in [0.25, 0.3) is 0 Å². The minimum absolute atomic E-state index is 0.751. The highest BCUT2D eigenvalue weighted by atomic mass is 35.5. The number of hydrogen-bond donors (Lipinski definition) is 1. The topological polar surface area (TPSA) is 21.3 Å². The maximum Gasteiger partial charge on any atom is 0.0639 e. The smallest absolute Gasteiger partial charge is 0.0639 e. The van der Waals surface area contributed by atoms with E-state index in [1.54, 1.807) is 0 Å². The van der Waals surface area contributed by atoms with Crippen LogP contribution in [0.5, 0.6) is 0 Å². The molecule has 0 bridgehead atoms. The summed E-state index contributed by atoms with van der Waals surface area (Å²) in [5, 5.41) is 4.05. The molecule has 0 aliphatic heterocycles. The van der Waals surface area contributed by atoms with E-state index in [-0.39, 0.29) is 0 Å². The van der Waals surface area contributed by atoms with E-state index in [2.05, 4.69) is 19.2 Å². The molecule has 2 nitrogen and oxygen atoms in total. The van der Waals surface area contributed by atoms with Crippen molar-refractivity contribution in [2.45, 2.75) is 26.7 Å². The van der Waals surface area contributed by atoms with E-state index < -0.39 is 0 Å². The third-order valence-corrected chi connectivity index (χ3v) is 2.74. The van der Waals surface area contributed by atoms with Crippen LogP contribution < -0.4 is 5.32 Å². The van der Waals surface area contributed by atoms with Gasteiger partial charge < -0.3 is 10.1 Å². The van der Waals surface area contributed by atoms with Gasteiger partial charge in [0.05, 0.1) is 6.61 Å². The second-order valence-corrected chi connectivity index (χ2v) is 5.02. The lowest BCUT2D eigenvalue weighted by atomic mass is 10.1. The Kier molecular flexibility index (Phi) is 7.06. The van der Waals surface area contributed by atoms with Gasteiger partial charge in [-0.1, -0.05) is 25.4 Å². The zero-order chi connectivity index (χ0) is 12.5. The van der Waals surface area contributed by atoms with Crippen molar-refractivity contribution in [3.8, 4) is 0 Å². The summed E-state index contributed by atoms with van der Waals surface area (Å²) in [5.74, 6) is 0.769. The van der Waals surface area contributed by atoms with E-state index >= 15 is 0 Å². The summed E-state index contributed by atoms with van der Waals surface area (Å²) in [5.41, 5.74) is 1.08. The maximum absolute atomic E-state index is 5.80. The quantitative estimate of drug-likeness (QED) is 0.703. The van der Waals surface area contributed by atoms with Crippen LogP contribution in [0.4, 0.5) is 5.69 Å². The van der Waals surface area contributed by atoms with Gasteiger partial charge >= 0.3 is 0 Å². The fourth-order valence-corrected chi connectivity index (χ4v) is 1.66. The summed E-state index contributed by atoms with van der Waals surface area (Å²) in [6, 6.07) is 7.71. The fraction of sp³-hybridized carbons (Fsp3) is 0.571. The number of ether oxygens (including phenoxy) is 1. The molecule has 0 unspecified atom stereocenters. The molecular weight excluding hydrogens is 234 g/mol. The van der Waals surface area contributed by atoms with Crippen molar-refractivity contribution in [1.82, 2.24) is 0 Å². The Morgan fingerprint density at radius 1 is 1.18 bits per heavy atom. The first kappa shape index (κ1) is 14.3. The first-order chi connectivity index (χ1) is 8.18. The van der Waals surface area contributed by atoms with Crippen molar-refractivity contribution in [3.63, 3.8) is 0 Å². The van der Waals surface area contributed by atoms with Gasteiger partial charge in [-0.3, -0.25) is 0 Å². The lowest BCUT2D eigenvalue weighted by Gasteiger charge is -2.08. The second-order valence-electron chi connectivity index (χ2n) is 4.58. The molecule has 96 valence electrons. The van der Waals surface area contributed by atoms with Gasteiger partial charge in [0.1, 0.15) is 0 Å². The van der Waals surface area contributed by atoms with Crippen LogP contribution in [0.25, 0.3) is 0 Å². The van der Waals surface area contributed by atoms with E-state index in [4.69, 9.17) is 16.3 Å². The third-order valence-electron chi connectivity index (χ3n) is 2.49. The van der Waals surface area contributed by atoms with Gasteiger partial charge in [0.2, 0.25) is 0 Å². The summed E-state index contributed by atoms with van der Waals surface area (Å²) < 4.78 is 5.54. The summed E-state index contributed by atoms with van der Waals surface area (Å²) in [7, 11) is 0. The van der Waals surface area contributed by atoms with Gasteiger partial charge in [-0.05, 0) is 43.0 Å². The van der Waals surface area contributed by atoms with Crippen LogP contribution >= 0.6 is 11.6 Å². The van der Waals surface area contributed by atoms with Crippen molar-refractivity contribution in [2.75, 3.05) is 25.1 Å². The Labute approximate surface area is 109 Å². The molecule has 17 heavy (non-hydrogen) atoms. The number of nitrogens with one attached hydrogen (secondary N) is 1. The predicted octanol–water partition coefficient (Wildman–Crippen LogP) is 4.20. The molecule has 0 aliphatic carbocycles. The Hall–Kier alpha value is -0.730. The molecule has 0 atom stereocenters. The van der Waals surface area contributed by atoms with Crippen LogP contribution in [0, 0.1) is 5.92 Å². The molecule has 1 N–H and O–H groups in total. The van der Waals surface area contributed by atoms with Crippen LogP contribution in [0.3, 0.4) is 0 Å². The summed E-state index contributed by atoms with van der Waals surface area (Å²) in [6.07, 6.45) is 2.39. The number of benzene rings is 1. The molecule has 1 aromatic carbocycles. The average molecular weight is 256 g/mol. The number of halogens is 1. The predicted molar refractivity (Wildman–Crippen MR) is 74.8 cm³/mol. The summed E-state index contributed by atoms with van der Waals surface area (Å²) >= 11 is 5.80. The third kappa shape index (κ3) is 7.24.